The second-order valence-corrected chi connectivity index (χ2v) is 3.67. The van der Waals surface area contributed by atoms with E-state index in [1.165, 1.54) is 6.07 Å². The second-order valence-electron chi connectivity index (χ2n) is 3.67. The summed E-state index contributed by atoms with van der Waals surface area (Å²) in [5.41, 5.74) is 0.899. The maximum atomic E-state index is 11.4. The molecule has 19 heavy (non-hydrogen) atoms. The van der Waals surface area contributed by atoms with Crippen molar-refractivity contribution in [1.82, 2.24) is 15.2 Å². The number of nitrogens with zero attached hydrogens (tertiary/aromatic N) is 3. The normalized spacial score (nSPS) is 10.0. The van der Waals surface area contributed by atoms with E-state index >= 15 is 0 Å². The molecule has 2 aromatic heterocycles. The molecule has 0 spiro atoms. The molecule has 2 heterocycles. The van der Waals surface area contributed by atoms with E-state index in [1.54, 1.807) is 31.3 Å². The lowest BCUT2D eigenvalue weighted by atomic mass is 10.3. The third kappa shape index (κ3) is 3.25. The van der Waals surface area contributed by atoms with Crippen molar-refractivity contribution < 1.29 is 14.3 Å². The number of aryl methyl sites for hydroxylation is 1. The SMILES string of the molecule is CCOC(=O)c1ccc(Oc2cccnc2C)nn1. The molecule has 0 aliphatic heterocycles. The van der Waals surface area contributed by atoms with Crippen LogP contribution in [0.4, 0.5) is 0 Å². The van der Waals surface area contributed by atoms with Gasteiger partial charge in [-0.15, -0.1) is 10.2 Å². The monoisotopic (exact) mass is 259 g/mol. The van der Waals surface area contributed by atoms with Gasteiger partial charge in [0, 0.05) is 12.3 Å². The van der Waals surface area contributed by atoms with Crippen LogP contribution in [0.2, 0.25) is 0 Å². The zero-order valence-corrected chi connectivity index (χ0v) is 10.7. The Morgan fingerprint density at radius 1 is 1.26 bits per heavy atom. The van der Waals surface area contributed by atoms with E-state index in [-0.39, 0.29) is 5.69 Å². The third-order valence-electron chi connectivity index (χ3n) is 2.30. The average molecular weight is 259 g/mol. The zero-order chi connectivity index (χ0) is 13.7. The minimum absolute atomic E-state index is 0.150. The van der Waals surface area contributed by atoms with Crippen molar-refractivity contribution in [3.8, 4) is 11.6 Å². The van der Waals surface area contributed by atoms with Crippen LogP contribution in [0.5, 0.6) is 11.6 Å². The number of carbonyl (C=O) groups excluding carboxylic acids is 1. The largest absolute Gasteiger partial charge is 0.461 e. The molecule has 2 rings (SSSR count). The third-order valence-corrected chi connectivity index (χ3v) is 2.30. The summed E-state index contributed by atoms with van der Waals surface area (Å²) in [6.07, 6.45) is 1.68. The van der Waals surface area contributed by atoms with Crippen LogP contribution in [-0.4, -0.2) is 27.8 Å². The molecule has 0 radical (unpaired) electrons. The molecule has 0 fully saturated rings. The van der Waals surface area contributed by atoms with Crippen LogP contribution in [0.3, 0.4) is 0 Å². The van der Waals surface area contributed by atoms with Gasteiger partial charge in [-0.2, -0.15) is 0 Å². The number of pyridine rings is 1. The smallest absolute Gasteiger partial charge is 0.358 e. The Balaban J connectivity index is 2.11. The Morgan fingerprint density at radius 3 is 2.74 bits per heavy atom. The van der Waals surface area contributed by atoms with Gasteiger partial charge in [-0.1, -0.05) is 0 Å². The predicted octanol–water partition coefficient (Wildman–Crippen LogP) is 2.15. The molecule has 0 bridgehead atoms. The van der Waals surface area contributed by atoms with Crippen molar-refractivity contribution in [2.75, 3.05) is 6.61 Å². The number of ether oxygens (including phenoxy) is 2. The van der Waals surface area contributed by atoms with Gasteiger partial charge in [0.05, 0.1) is 12.3 Å². The van der Waals surface area contributed by atoms with Crippen LogP contribution < -0.4 is 4.74 Å². The second kappa shape index (κ2) is 5.90. The Morgan fingerprint density at radius 2 is 2.11 bits per heavy atom. The maximum absolute atomic E-state index is 11.4. The number of carbonyl (C=O) groups is 1. The highest BCUT2D eigenvalue weighted by Gasteiger charge is 2.10. The van der Waals surface area contributed by atoms with Crippen LogP contribution in [0, 0.1) is 6.92 Å². The number of hydrogen-bond donors (Lipinski definition) is 0. The van der Waals surface area contributed by atoms with Gasteiger partial charge in [0.25, 0.3) is 0 Å². The molecule has 98 valence electrons. The first-order chi connectivity index (χ1) is 9.20. The molecule has 0 unspecified atom stereocenters. The quantitative estimate of drug-likeness (QED) is 0.783. The molecule has 0 atom stereocenters. The summed E-state index contributed by atoms with van der Waals surface area (Å²) >= 11 is 0. The minimum Gasteiger partial charge on any atom is -0.461 e. The summed E-state index contributed by atoms with van der Waals surface area (Å²) in [5.74, 6) is 0.393. The Kier molecular flexibility index (Phi) is 4.02. The van der Waals surface area contributed by atoms with E-state index in [4.69, 9.17) is 9.47 Å². The van der Waals surface area contributed by atoms with E-state index in [2.05, 4.69) is 15.2 Å². The van der Waals surface area contributed by atoms with Crippen molar-refractivity contribution in [2.45, 2.75) is 13.8 Å². The van der Waals surface area contributed by atoms with Gasteiger partial charge in [-0.3, -0.25) is 4.98 Å². The highest BCUT2D eigenvalue weighted by molar-refractivity contribution is 5.86. The molecule has 6 heteroatoms. The average Bonchev–Trinajstić information content (AvgIpc) is 2.42. The van der Waals surface area contributed by atoms with Crippen LogP contribution >= 0.6 is 0 Å². The van der Waals surface area contributed by atoms with E-state index in [9.17, 15) is 4.79 Å². The molecule has 0 amide bonds. The molecule has 6 nitrogen and oxygen atoms in total. The van der Waals surface area contributed by atoms with Gasteiger partial charge in [-0.05, 0) is 32.0 Å². The highest BCUT2D eigenvalue weighted by Crippen LogP contribution is 2.20. The molecular weight excluding hydrogens is 246 g/mol. The summed E-state index contributed by atoms with van der Waals surface area (Å²) in [6, 6.07) is 6.61. The van der Waals surface area contributed by atoms with Crippen molar-refractivity contribution in [2.24, 2.45) is 0 Å². The number of hydrogen-bond acceptors (Lipinski definition) is 6. The molecule has 0 aromatic carbocycles. The fourth-order valence-electron chi connectivity index (χ4n) is 1.38. The van der Waals surface area contributed by atoms with Crippen LogP contribution in [0.15, 0.2) is 30.5 Å². The zero-order valence-electron chi connectivity index (χ0n) is 10.7. The highest BCUT2D eigenvalue weighted by atomic mass is 16.5. The van der Waals surface area contributed by atoms with Gasteiger partial charge in [0.15, 0.2) is 11.4 Å². The first-order valence-electron chi connectivity index (χ1n) is 5.81. The first kappa shape index (κ1) is 12.9. The predicted molar refractivity (Wildman–Crippen MR) is 67.0 cm³/mol. The lowest BCUT2D eigenvalue weighted by Crippen LogP contribution is -2.08. The Labute approximate surface area is 110 Å². The first-order valence-corrected chi connectivity index (χ1v) is 5.81. The number of esters is 1. The number of aromatic nitrogens is 3. The summed E-state index contributed by atoms with van der Waals surface area (Å²) in [4.78, 5) is 15.5. The summed E-state index contributed by atoms with van der Waals surface area (Å²) < 4.78 is 10.3. The standard InChI is InChI=1S/C13H13N3O3/c1-3-18-13(17)10-6-7-12(16-15-10)19-11-5-4-8-14-9(11)2/h4-8H,3H2,1-2H3. The summed E-state index contributed by atoms with van der Waals surface area (Å²) in [7, 11) is 0. The molecule has 0 N–H and O–H groups in total. The van der Waals surface area contributed by atoms with Gasteiger partial charge in [0.2, 0.25) is 5.88 Å². The molecular formula is C13H13N3O3. The van der Waals surface area contributed by atoms with Gasteiger partial charge in [-0.25, -0.2) is 4.79 Å². The molecule has 0 saturated carbocycles. The Hall–Kier alpha value is -2.50. The summed E-state index contributed by atoms with van der Waals surface area (Å²) in [6.45, 7) is 3.86. The van der Waals surface area contributed by atoms with E-state index in [0.29, 0.717) is 18.2 Å². The van der Waals surface area contributed by atoms with Crippen LogP contribution in [-0.2, 0) is 4.74 Å². The maximum Gasteiger partial charge on any atom is 0.358 e. The Bertz CT molecular complexity index is 570. The molecule has 0 aliphatic carbocycles. The van der Waals surface area contributed by atoms with Crippen LogP contribution in [0.1, 0.15) is 23.1 Å². The van der Waals surface area contributed by atoms with Gasteiger partial charge in [0.1, 0.15) is 0 Å². The molecule has 2 aromatic rings. The van der Waals surface area contributed by atoms with Crippen molar-refractivity contribution >= 4 is 5.97 Å². The molecule has 0 saturated heterocycles. The number of rotatable bonds is 4. The van der Waals surface area contributed by atoms with Crippen molar-refractivity contribution in [3.63, 3.8) is 0 Å². The fourth-order valence-corrected chi connectivity index (χ4v) is 1.38. The van der Waals surface area contributed by atoms with E-state index in [1.807, 2.05) is 6.92 Å². The summed E-state index contributed by atoms with van der Waals surface area (Å²) in [5, 5.41) is 7.57. The van der Waals surface area contributed by atoms with Crippen molar-refractivity contribution in [3.05, 3.63) is 41.9 Å². The van der Waals surface area contributed by atoms with E-state index in [0.717, 1.165) is 5.69 Å². The lowest BCUT2D eigenvalue weighted by molar-refractivity contribution is 0.0518. The van der Waals surface area contributed by atoms with E-state index < -0.39 is 5.97 Å². The van der Waals surface area contributed by atoms with Crippen LogP contribution in [0.25, 0.3) is 0 Å². The lowest BCUT2D eigenvalue weighted by Gasteiger charge is -2.06. The topological polar surface area (TPSA) is 74.2 Å². The van der Waals surface area contributed by atoms with Gasteiger partial charge < -0.3 is 9.47 Å². The van der Waals surface area contributed by atoms with Gasteiger partial charge >= 0.3 is 5.97 Å². The fraction of sp³-hybridized carbons (Fsp3) is 0.231. The molecule has 0 aliphatic rings. The van der Waals surface area contributed by atoms with Crippen molar-refractivity contribution in [1.29, 1.82) is 0 Å². The minimum atomic E-state index is -0.501.